The lowest BCUT2D eigenvalue weighted by Crippen LogP contribution is -1.97. The summed E-state index contributed by atoms with van der Waals surface area (Å²) in [4.78, 5) is 2.69. The Morgan fingerprint density at radius 3 is 1.20 bits per heavy atom. The van der Waals surface area contributed by atoms with Crippen LogP contribution in [-0.4, -0.2) is 0 Å². The van der Waals surface area contributed by atoms with Gasteiger partial charge in [-0.2, -0.15) is 0 Å². The van der Waals surface area contributed by atoms with Crippen molar-refractivity contribution in [1.82, 2.24) is 0 Å². The molecule has 1 aliphatic carbocycles. The van der Waals surface area contributed by atoms with Crippen LogP contribution in [0.2, 0.25) is 0 Å². The van der Waals surface area contributed by atoms with Gasteiger partial charge in [-0.3, -0.25) is 0 Å². The topological polar surface area (TPSA) is 0 Å². The molecule has 0 aliphatic heterocycles. The first-order valence-electron chi connectivity index (χ1n) is 17.7. The summed E-state index contributed by atoms with van der Waals surface area (Å²) in [5.74, 6) is 0.475. The van der Waals surface area contributed by atoms with E-state index in [1.165, 1.54) is 80.0 Å². The summed E-state index contributed by atoms with van der Waals surface area (Å²) in [5.41, 5.74) is 14.7. The predicted octanol–water partition coefficient (Wildman–Crippen LogP) is 14.3. The van der Waals surface area contributed by atoms with Crippen LogP contribution < -0.4 is 0 Å². The van der Waals surface area contributed by atoms with Gasteiger partial charge in [0, 0.05) is 24.5 Å². The largest absolute Gasteiger partial charge is 0.135 e. The highest BCUT2D eigenvalue weighted by molar-refractivity contribution is 7.26. The van der Waals surface area contributed by atoms with Crippen LogP contribution in [-0.2, 0) is 12.8 Å². The van der Waals surface area contributed by atoms with Gasteiger partial charge in [0.1, 0.15) is 0 Å². The molecule has 1 atom stereocenters. The molecule has 0 saturated heterocycles. The van der Waals surface area contributed by atoms with Crippen LogP contribution in [0.5, 0.6) is 0 Å². The third kappa shape index (κ3) is 5.52. The fourth-order valence-electron chi connectivity index (χ4n) is 7.93. The zero-order valence-electron chi connectivity index (χ0n) is 28.1. The molecule has 9 aromatic rings. The van der Waals surface area contributed by atoms with Crippen LogP contribution >= 0.6 is 22.7 Å². The van der Waals surface area contributed by atoms with Crippen LogP contribution in [0.4, 0.5) is 0 Å². The van der Waals surface area contributed by atoms with E-state index in [9.17, 15) is 0 Å². The highest BCUT2D eigenvalue weighted by Crippen LogP contribution is 2.51. The lowest BCUT2D eigenvalue weighted by molar-refractivity contribution is 0.744. The van der Waals surface area contributed by atoms with Crippen LogP contribution in [0.1, 0.15) is 22.6 Å². The van der Waals surface area contributed by atoms with E-state index in [0.29, 0.717) is 5.92 Å². The van der Waals surface area contributed by atoms with Crippen molar-refractivity contribution >= 4 is 42.8 Å². The van der Waals surface area contributed by atoms with Gasteiger partial charge in [-0.1, -0.05) is 164 Å². The first-order valence-corrected chi connectivity index (χ1v) is 19.4. The van der Waals surface area contributed by atoms with Crippen molar-refractivity contribution in [3.63, 3.8) is 0 Å². The van der Waals surface area contributed by atoms with Gasteiger partial charge in [-0.05, 0) is 97.5 Å². The summed E-state index contributed by atoms with van der Waals surface area (Å²) in [6, 6.07) is 64.6. The molecular formula is C49H34S2. The number of benzene rings is 7. The molecule has 51 heavy (non-hydrogen) atoms. The van der Waals surface area contributed by atoms with Crippen molar-refractivity contribution in [2.75, 3.05) is 0 Å². The van der Waals surface area contributed by atoms with Crippen LogP contribution in [0.15, 0.2) is 176 Å². The van der Waals surface area contributed by atoms with E-state index in [4.69, 9.17) is 0 Å². The zero-order chi connectivity index (χ0) is 33.7. The molecule has 2 heteroatoms. The molecular weight excluding hydrogens is 653 g/mol. The van der Waals surface area contributed by atoms with Crippen LogP contribution in [0.3, 0.4) is 0 Å². The highest BCUT2D eigenvalue weighted by Gasteiger charge is 2.29. The molecule has 2 heterocycles. The van der Waals surface area contributed by atoms with E-state index >= 15 is 0 Å². The highest BCUT2D eigenvalue weighted by atomic mass is 32.1. The minimum absolute atomic E-state index is 0.475. The SMILES string of the molecule is c1ccc(-c2ccc(-c3cc4c(s3)c3c(c5cc(-c6ccc(-c7ccccc7)cc6)sc54)CC(c4ccc(-c5ccccc5)cc4)C3)cc2)cc1. The molecule has 0 N–H and O–H groups in total. The van der Waals surface area contributed by atoms with Gasteiger partial charge in [0.2, 0.25) is 0 Å². The van der Waals surface area contributed by atoms with E-state index < -0.39 is 0 Å². The lowest BCUT2D eigenvalue weighted by Gasteiger charge is -2.11. The zero-order valence-corrected chi connectivity index (χ0v) is 29.7. The smallest absolute Gasteiger partial charge is 0.0439 e. The first-order chi connectivity index (χ1) is 25.2. The van der Waals surface area contributed by atoms with E-state index in [1.54, 1.807) is 11.1 Å². The minimum Gasteiger partial charge on any atom is -0.135 e. The number of fused-ring (bicyclic) bond motifs is 6. The molecule has 7 aromatic carbocycles. The van der Waals surface area contributed by atoms with Crippen LogP contribution in [0, 0.1) is 0 Å². The summed E-state index contributed by atoms with van der Waals surface area (Å²) >= 11 is 3.94. The summed E-state index contributed by atoms with van der Waals surface area (Å²) in [6.45, 7) is 0. The molecule has 0 bridgehead atoms. The quantitative estimate of drug-likeness (QED) is 0.163. The Bertz CT molecular complexity index is 2480. The average Bonchev–Trinajstić information content (AvgIpc) is 3.97. The third-order valence-electron chi connectivity index (χ3n) is 10.6. The molecule has 242 valence electrons. The maximum atomic E-state index is 2.49. The Balaban J connectivity index is 1.06. The Morgan fingerprint density at radius 2 is 0.706 bits per heavy atom. The van der Waals surface area contributed by atoms with Gasteiger partial charge in [0.25, 0.3) is 0 Å². The van der Waals surface area contributed by atoms with Crippen molar-refractivity contribution in [3.05, 3.63) is 193 Å². The number of hydrogen-bond donors (Lipinski definition) is 0. The maximum Gasteiger partial charge on any atom is 0.0439 e. The Kier molecular flexibility index (Phi) is 7.52. The van der Waals surface area contributed by atoms with Crippen molar-refractivity contribution < 1.29 is 0 Å². The summed E-state index contributed by atoms with van der Waals surface area (Å²) in [6.07, 6.45) is 2.16. The second-order valence-electron chi connectivity index (χ2n) is 13.6. The lowest BCUT2D eigenvalue weighted by atomic mass is 9.94. The number of hydrogen-bond acceptors (Lipinski definition) is 2. The molecule has 2 aromatic heterocycles. The fourth-order valence-corrected chi connectivity index (χ4v) is 10.5. The molecule has 0 saturated carbocycles. The van der Waals surface area contributed by atoms with E-state index in [2.05, 4.69) is 176 Å². The third-order valence-corrected chi connectivity index (χ3v) is 13.1. The molecule has 0 nitrogen and oxygen atoms in total. The van der Waals surface area contributed by atoms with Crippen LogP contribution in [0.25, 0.3) is 74.4 Å². The Hall–Kier alpha value is -5.54. The van der Waals surface area contributed by atoms with E-state index in [-0.39, 0.29) is 0 Å². The van der Waals surface area contributed by atoms with Crippen molar-refractivity contribution in [2.24, 2.45) is 0 Å². The average molecular weight is 687 g/mol. The first kappa shape index (κ1) is 30.3. The van der Waals surface area contributed by atoms with Gasteiger partial charge in [-0.25, -0.2) is 0 Å². The normalized spacial score (nSPS) is 13.9. The second kappa shape index (κ2) is 12.7. The molecule has 0 radical (unpaired) electrons. The molecule has 10 rings (SSSR count). The van der Waals surface area contributed by atoms with Gasteiger partial charge >= 0.3 is 0 Å². The Labute approximate surface area is 307 Å². The van der Waals surface area contributed by atoms with Gasteiger partial charge in [0.15, 0.2) is 0 Å². The van der Waals surface area contributed by atoms with E-state index in [1.807, 2.05) is 22.7 Å². The summed E-state index contributed by atoms with van der Waals surface area (Å²) < 4.78 is 2.89. The number of rotatable bonds is 6. The number of thiophene rings is 2. The van der Waals surface area contributed by atoms with Gasteiger partial charge in [0.05, 0.1) is 0 Å². The molecule has 1 aliphatic rings. The predicted molar refractivity (Wildman–Crippen MR) is 221 cm³/mol. The summed E-state index contributed by atoms with van der Waals surface area (Å²) in [7, 11) is 0. The molecule has 1 unspecified atom stereocenters. The molecule has 0 fully saturated rings. The summed E-state index contributed by atoms with van der Waals surface area (Å²) in [5, 5.41) is 2.85. The van der Waals surface area contributed by atoms with Crippen molar-refractivity contribution in [3.8, 4) is 54.3 Å². The fraction of sp³-hybridized carbons (Fsp3) is 0.0612. The van der Waals surface area contributed by atoms with Crippen molar-refractivity contribution in [1.29, 1.82) is 0 Å². The second-order valence-corrected chi connectivity index (χ2v) is 15.7. The molecule has 0 spiro atoms. The van der Waals surface area contributed by atoms with E-state index in [0.717, 1.165) is 12.8 Å². The van der Waals surface area contributed by atoms with Crippen molar-refractivity contribution in [2.45, 2.75) is 18.8 Å². The standard InChI is InChI=1S/C49H34S2/c1-4-10-32(11-5-1)35-16-18-38(19-17-35)41-28-42-43(29-41)48-45(31-47(51-48)40-26-22-37(23-27-40)34-14-8-3-9-15-34)49-44(42)30-46(50-49)39-24-20-36(21-25-39)33-12-6-2-7-13-33/h1-27,30-31,41H,28-29H2. The van der Waals surface area contributed by atoms with Gasteiger partial charge < -0.3 is 0 Å². The minimum atomic E-state index is 0.475. The maximum absolute atomic E-state index is 2.49. The Morgan fingerprint density at radius 1 is 0.333 bits per heavy atom. The monoisotopic (exact) mass is 686 g/mol. The molecule has 0 amide bonds. The van der Waals surface area contributed by atoms with Gasteiger partial charge in [-0.15, -0.1) is 22.7 Å².